The van der Waals surface area contributed by atoms with E-state index in [2.05, 4.69) is 32.4 Å². The smallest absolute Gasteiger partial charge is 0.269 e. The number of nitrogens with one attached hydrogen (secondary N) is 2. The monoisotopic (exact) mass is 333 g/mol. The van der Waals surface area contributed by atoms with Crippen LogP contribution >= 0.6 is 0 Å². The predicted octanol–water partition coefficient (Wildman–Crippen LogP) is 0.901. The maximum absolute atomic E-state index is 12.4. The molecule has 0 aromatic carbocycles. The Bertz CT molecular complexity index is 592. The lowest BCUT2D eigenvalue weighted by Gasteiger charge is -2.41. The minimum absolute atomic E-state index is 0.142. The lowest BCUT2D eigenvalue weighted by molar-refractivity contribution is 0.0763. The highest BCUT2D eigenvalue weighted by Crippen LogP contribution is 2.20. The van der Waals surface area contributed by atoms with Crippen LogP contribution in [0.3, 0.4) is 0 Å². The molecule has 132 valence electrons. The molecule has 2 fully saturated rings. The van der Waals surface area contributed by atoms with Crippen molar-refractivity contribution in [2.75, 3.05) is 33.2 Å². The van der Waals surface area contributed by atoms with E-state index in [0.717, 1.165) is 39.0 Å². The average Bonchev–Trinajstić information content (AvgIpc) is 3.06. The van der Waals surface area contributed by atoms with Crippen LogP contribution in [0.4, 0.5) is 0 Å². The molecule has 7 nitrogen and oxygen atoms in total. The van der Waals surface area contributed by atoms with E-state index in [1.54, 1.807) is 0 Å². The number of Topliss-reactive ketones (excluding diaryl/α,β-unsaturated/α-hetero) is 1. The van der Waals surface area contributed by atoms with Crippen LogP contribution in [0.1, 0.15) is 53.6 Å². The van der Waals surface area contributed by atoms with E-state index in [9.17, 15) is 9.59 Å². The summed E-state index contributed by atoms with van der Waals surface area (Å²) in [6.07, 6.45) is 4.53. The largest absolute Gasteiger partial charge is 0.347 e. The van der Waals surface area contributed by atoms with Crippen molar-refractivity contribution in [3.63, 3.8) is 0 Å². The first-order valence-electron chi connectivity index (χ1n) is 8.82. The summed E-state index contributed by atoms with van der Waals surface area (Å²) in [4.78, 5) is 28.6. The zero-order valence-electron chi connectivity index (χ0n) is 14.5. The fourth-order valence-electron chi connectivity index (χ4n) is 3.70. The summed E-state index contributed by atoms with van der Waals surface area (Å²) < 4.78 is 0. The summed E-state index contributed by atoms with van der Waals surface area (Å²) in [5.74, 6) is -0.318. The lowest BCUT2D eigenvalue weighted by atomic mass is 9.98. The summed E-state index contributed by atoms with van der Waals surface area (Å²) >= 11 is 0. The number of amides is 1. The number of likely N-dealkylation sites (tertiary alicyclic amines) is 2. The Labute approximate surface area is 142 Å². The van der Waals surface area contributed by atoms with E-state index >= 15 is 0 Å². The fraction of sp³-hybridized carbons (Fsp3) is 0.706. The van der Waals surface area contributed by atoms with Gasteiger partial charge in [-0.05, 0) is 58.4 Å². The Morgan fingerprint density at radius 3 is 2.67 bits per heavy atom. The summed E-state index contributed by atoms with van der Waals surface area (Å²) in [5.41, 5.74) is 0.661. The fourth-order valence-corrected chi connectivity index (χ4v) is 3.70. The molecule has 1 aromatic rings. The zero-order valence-corrected chi connectivity index (χ0v) is 14.5. The normalized spacial score (nSPS) is 24.0. The number of aromatic nitrogens is 2. The molecule has 2 aliphatic rings. The molecule has 0 bridgehead atoms. The van der Waals surface area contributed by atoms with Gasteiger partial charge in [-0.25, -0.2) is 0 Å². The first kappa shape index (κ1) is 17.1. The number of H-pyrrole nitrogens is 1. The molecule has 1 unspecified atom stereocenters. The molecule has 0 radical (unpaired) electrons. The number of carbonyl (C=O) groups is 2. The van der Waals surface area contributed by atoms with Gasteiger partial charge in [0, 0.05) is 25.6 Å². The van der Waals surface area contributed by atoms with Gasteiger partial charge in [-0.2, -0.15) is 5.10 Å². The Morgan fingerprint density at radius 2 is 2.00 bits per heavy atom. The van der Waals surface area contributed by atoms with E-state index < -0.39 is 0 Å². The zero-order chi connectivity index (χ0) is 17.1. The van der Waals surface area contributed by atoms with Gasteiger partial charge in [0.2, 0.25) is 0 Å². The molecule has 2 saturated heterocycles. The van der Waals surface area contributed by atoms with Crippen molar-refractivity contribution < 1.29 is 9.59 Å². The van der Waals surface area contributed by atoms with Gasteiger partial charge in [-0.15, -0.1) is 0 Å². The van der Waals surface area contributed by atoms with Gasteiger partial charge in [0.1, 0.15) is 11.4 Å². The van der Waals surface area contributed by atoms with Crippen LogP contribution < -0.4 is 5.32 Å². The molecule has 2 aliphatic heterocycles. The minimum Gasteiger partial charge on any atom is -0.347 e. The van der Waals surface area contributed by atoms with Crippen molar-refractivity contribution in [3.8, 4) is 0 Å². The van der Waals surface area contributed by atoms with Crippen molar-refractivity contribution in [1.82, 2.24) is 25.3 Å². The SMILES string of the molecule is CC(=O)c1cc(C(=O)NC2CCCN(C3CCN(C)CC3)C2)[nH]n1. The molecule has 1 atom stereocenters. The van der Waals surface area contributed by atoms with Gasteiger partial charge in [0.15, 0.2) is 5.78 Å². The number of carbonyl (C=O) groups excluding carboxylic acids is 2. The molecule has 1 amide bonds. The standard InChI is InChI=1S/C17H27N5O2/c1-12(23)15-10-16(20-19-15)17(24)18-13-4-3-7-22(11-13)14-5-8-21(2)9-6-14/h10,13-14H,3-9,11H2,1-2H3,(H,18,24)(H,19,20). The third-order valence-corrected chi connectivity index (χ3v) is 5.18. The number of piperidine rings is 2. The van der Waals surface area contributed by atoms with Crippen molar-refractivity contribution in [3.05, 3.63) is 17.5 Å². The van der Waals surface area contributed by atoms with Crippen LogP contribution in [0.25, 0.3) is 0 Å². The first-order valence-corrected chi connectivity index (χ1v) is 8.82. The highest BCUT2D eigenvalue weighted by Gasteiger charge is 2.29. The Hall–Kier alpha value is -1.73. The number of hydrogen-bond donors (Lipinski definition) is 2. The highest BCUT2D eigenvalue weighted by atomic mass is 16.2. The molecular weight excluding hydrogens is 306 g/mol. The predicted molar refractivity (Wildman–Crippen MR) is 91.2 cm³/mol. The van der Waals surface area contributed by atoms with E-state index in [0.29, 0.717) is 17.4 Å². The molecule has 0 saturated carbocycles. The second-order valence-electron chi connectivity index (χ2n) is 7.07. The summed E-state index contributed by atoms with van der Waals surface area (Å²) in [6, 6.07) is 2.32. The number of rotatable bonds is 4. The maximum Gasteiger partial charge on any atom is 0.269 e. The molecule has 0 spiro atoms. The second-order valence-corrected chi connectivity index (χ2v) is 7.07. The van der Waals surface area contributed by atoms with Crippen LogP contribution in [0.2, 0.25) is 0 Å². The molecule has 0 aliphatic carbocycles. The summed E-state index contributed by atoms with van der Waals surface area (Å²) in [6.45, 7) is 5.78. The third kappa shape index (κ3) is 4.02. The van der Waals surface area contributed by atoms with Crippen LogP contribution in [0.5, 0.6) is 0 Å². The first-order chi connectivity index (χ1) is 11.5. The Morgan fingerprint density at radius 1 is 1.25 bits per heavy atom. The number of hydrogen-bond acceptors (Lipinski definition) is 5. The van der Waals surface area contributed by atoms with Gasteiger partial charge < -0.3 is 10.2 Å². The van der Waals surface area contributed by atoms with Gasteiger partial charge in [0.05, 0.1) is 0 Å². The van der Waals surface area contributed by atoms with Crippen LogP contribution in [-0.4, -0.2) is 77.0 Å². The van der Waals surface area contributed by atoms with E-state index in [4.69, 9.17) is 0 Å². The lowest BCUT2D eigenvalue weighted by Crippen LogP contribution is -2.53. The van der Waals surface area contributed by atoms with E-state index in [1.807, 2.05) is 0 Å². The van der Waals surface area contributed by atoms with Crippen molar-refractivity contribution in [2.45, 2.75) is 44.7 Å². The molecule has 2 N–H and O–H groups in total. The summed E-state index contributed by atoms with van der Waals surface area (Å²) in [7, 11) is 2.18. The second kappa shape index (κ2) is 7.44. The minimum atomic E-state index is -0.176. The molecule has 3 rings (SSSR count). The van der Waals surface area contributed by atoms with E-state index in [1.165, 1.54) is 25.8 Å². The van der Waals surface area contributed by atoms with Crippen LogP contribution in [0.15, 0.2) is 6.07 Å². The van der Waals surface area contributed by atoms with Gasteiger partial charge >= 0.3 is 0 Å². The molecule has 24 heavy (non-hydrogen) atoms. The molecular formula is C17H27N5O2. The number of ketones is 1. The molecule has 1 aromatic heterocycles. The van der Waals surface area contributed by atoms with Gasteiger partial charge in [-0.1, -0.05) is 0 Å². The topological polar surface area (TPSA) is 81.3 Å². The summed E-state index contributed by atoms with van der Waals surface area (Å²) in [5, 5.41) is 9.62. The Kier molecular flexibility index (Phi) is 5.30. The van der Waals surface area contributed by atoms with E-state index in [-0.39, 0.29) is 17.7 Å². The number of aromatic amines is 1. The average molecular weight is 333 g/mol. The maximum atomic E-state index is 12.4. The van der Waals surface area contributed by atoms with Crippen LogP contribution in [0, 0.1) is 0 Å². The van der Waals surface area contributed by atoms with Crippen molar-refractivity contribution in [1.29, 1.82) is 0 Å². The van der Waals surface area contributed by atoms with Crippen LogP contribution in [-0.2, 0) is 0 Å². The molecule has 3 heterocycles. The Balaban J connectivity index is 1.54. The van der Waals surface area contributed by atoms with Crippen molar-refractivity contribution >= 4 is 11.7 Å². The highest BCUT2D eigenvalue weighted by molar-refractivity contribution is 5.97. The van der Waals surface area contributed by atoms with Gasteiger partial charge in [-0.3, -0.25) is 19.6 Å². The third-order valence-electron chi connectivity index (χ3n) is 5.18. The number of nitrogens with zero attached hydrogens (tertiary/aromatic N) is 3. The van der Waals surface area contributed by atoms with Crippen molar-refractivity contribution in [2.24, 2.45) is 0 Å². The quantitative estimate of drug-likeness (QED) is 0.800. The molecule has 7 heteroatoms. The van der Waals surface area contributed by atoms with Gasteiger partial charge in [0.25, 0.3) is 5.91 Å².